The molecule has 0 aliphatic heterocycles. The molecule has 0 aliphatic carbocycles. The Labute approximate surface area is 121 Å². The molecule has 98 valence electrons. The number of halogens is 2. The normalized spacial score (nSPS) is 10.3. The molecule has 0 atom stereocenters. The second kappa shape index (κ2) is 6.09. The molecule has 0 N–H and O–H groups in total. The van der Waals surface area contributed by atoms with Crippen molar-refractivity contribution in [3.05, 3.63) is 58.1 Å². The zero-order valence-electron chi connectivity index (χ0n) is 10.3. The predicted octanol–water partition coefficient (Wildman–Crippen LogP) is 4.38. The number of carbonyl (C=O) groups excluding carboxylic acids is 1. The van der Waals surface area contributed by atoms with Crippen LogP contribution in [0.5, 0.6) is 0 Å². The van der Waals surface area contributed by atoms with E-state index in [1.54, 1.807) is 6.07 Å². The van der Waals surface area contributed by atoms with Crippen molar-refractivity contribution in [3.8, 4) is 11.1 Å². The average Bonchev–Trinajstić information content (AvgIpc) is 2.38. The molecular formula is C15H12Cl2O2. The molecule has 0 spiro atoms. The Kier molecular flexibility index (Phi) is 4.46. The van der Waals surface area contributed by atoms with Crippen LogP contribution in [-0.2, 0) is 16.0 Å². The number of hydrogen-bond donors (Lipinski definition) is 0. The Hall–Kier alpha value is -1.51. The van der Waals surface area contributed by atoms with E-state index in [0.29, 0.717) is 10.0 Å². The van der Waals surface area contributed by atoms with E-state index in [-0.39, 0.29) is 12.4 Å². The molecule has 0 aromatic heterocycles. The van der Waals surface area contributed by atoms with E-state index >= 15 is 0 Å². The van der Waals surface area contributed by atoms with Crippen LogP contribution in [0.15, 0.2) is 42.5 Å². The molecular weight excluding hydrogens is 283 g/mol. The van der Waals surface area contributed by atoms with Gasteiger partial charge in [-0.15, -0.1) is 0 Å². The van der Waals surface area contributed by atoms with Crippen molar-refractivity contribution in [2.75, 3.05) is 7.11 Å². The molecule has 2 aromatic carbocycles. The van der Waals surface area contributed by atoms with E-state index in [4.69, 9.17) is 23.2 Å². The number of rotatable bonds is 3. The maximum absolute atomic E-state index is 11.3. The van der Waals surface area contributed by atoms with Gasteiger partial charge in [-0.1, -0.05) is 47.5 Å². The SMILES string of the molecule is COC(=O)Cc1cccc(-c2cc(Cl)cc(Cl)c2)c1. The number of carbonyl (C=O) groups is 1. The first-order chi connectivity index (χ1) is 9.08. The largest absolute Gasteiger partial charge is 0.469 e. The fraction of sp³-hybridized carbons (Fsp3) is 0.133. The van der Waals surface area contributed by atoms with Crippen LogP contribution in [0.3, 0.4) is 0 Å². The first-order valence-electron chi connectivity index (χ1n) is 5.70. The lowest BCUT2D eigenvalue weighted by atomic mass is 10.0. The van der Waals surface area contributed by atoms with Crippen molar-refractivity contribution >= 4 is 29.2 Å². The Morgan fingerprint density at radius 2 is 1.74 bits per heavy atom. The zero-order chi connectivity index (χ0) is 13.8. The van der Waals surface area contributed by atoms with Crippen LogP contribution in [0.1, 0.15) is 5.56 Å². The Bertz CT molecular complexity index is 589. The molecule has 4 heteroatoms. The minimum atomic E-state index is -0.263. The quantitative estimate of drug-likeness (QED) is 0.786. The molecule has 0 heterocycles. The Morgan fingerprint density at radius 1 is 1.05 bits per heavy atom. The fourth-order valence-corrected chi connectivity index (χ4v) is 2.35. The molecule has 0 amide bonds. The third-order valence-electron chi connectivity index (χ3n) is 2.70. The van der Waals surface area contributed by atoms with Gasteiger partial charge in [-0.05, 0) is 34.9 Å². The van der Waals surface area contributed by atoms with Gasteiger partial charge < -0.3 is 4.74 Å². The van der Waals surface area contributed by atoms with Crippen LogP contribution < -0.4 is 0 Å². The number of ether oxygens (including phenoxy) is 1. The van der Waals surface area contributed by atoms with E-state index < -0.39 is 0 Å². The molecule has 19 heavy (non-hydrogen) atoms. The van der Waals surface area contributed by atoms with Crippen LogP contribution in [0.25, 0.3) is 11.1 Å². The standard InChI is InChI=1S/C15H12Cl2O2/c1-19-15(18)6-10-3-2-4-11(5-10)12-7-13(16)9-14(17)8-12/h2-5,7-9H,6H2,1H3. The van der Waals surface area contributed by atoms with Crippen molar-refractivity contribution in [2.24, 2.45) is 0 Å². The summed E-state index contributed by atoms with van der Waals surface area (Å²) in [6, 6.07) is 13.0. The molecule has 2 rings (SSSR count). The summed E-state index contributed by atoms with van der Waals surface area (Å²) < 4.78 is 4.66. The number of methoxy groups -OCH3 is 1. The van der Waals surface area contributed by atoms with Crippen LogP contribution in [0, 0.1) is 0 Å². The molecule has 0 fully saturated rings. The minimum Gasteiger partial charge on any atom is -0.469 e. The summed E-state index contributed by atoms with van der Waals surface area (Å²) >= 11 is 12.0. The van der Waals surface area contributed by atoms with Crippen molar-refractivity contribution < 1.29 is 9.53 Å². The van der Waals surface area contributed by atoms with Crippen molar-refractivity contribution in [2.45, 2.75) is 6.42 Å². The van der Waals surface area contributed by atoms with Gasteiger partial charge in [0.25, 0.3) is 0 Å². The van der Waals surface area contributed by atoms with E-state index in [0.717, 1.165) is 16.7 Å². The average molecular weight is 295 g/mol. The Morgan fingerprint density at radius 3 is 2.37 bits per heavy atom. The van der Waals surface area contributed by atoms with E-state index in [1.165, 1.54) is 7.11 Å². The van der Waals surface area contributed by atoms with Crippen LogP contribution in [-0.4, -0.2) is 13.1 Å². The van der Waals surface area contributed by atoms with Gasteiger partial charge in [0, 0.05) is 10.0 Å². The smallest absolute Gasteiger partial charge is 0.309 e. The third-order valence-corrected chi connectivity index (χ3v) is 3.14. The van der Waals surface area contributed by atoms with E-state index in [1.807, 2.05) is 36.4 Å². The monoisotopic (exact) mass is 294 g/mol. The highest BCUT2D eigenvalue weighted by atomic mass is 35.5. The molecule has 0 saturated heterocycles. The van der Waals surface area contributed by atoms with Gasteiger partial charge in [0.1, 0.15) is 0 Å². The molecule has 0 unspecified atom stereocenters. The van der Waals surface area contributed by atoms with Gasteiger partial charge in [0.2, 0.25) is 0 Å². The summed E-state index contributed by atoms with van der Waals surface area (Å²) in [6.07, 6.45) is 0.249. The second-order valence-corrected chi connectivity index (χ2v) is 4.98. The summed E-state index contributed by atoms with van der Waals surface area (Å²) in [6.45, 7) is 0. The zero-order valence-corrected chi connectivity index (χ0v) is 11.8. The maximum atomic E-state index is 11.3. The summed E-state index contributed by atoms with van der Waals surface area (Å²) in [4.78, 5) is 11.3. The first-order valence-corrected chi connectivity index (χ1v) is 6.46. The number of hydrogen-bond acceptors (Lipinski definition) is 2. The van der Waals surface area contributed by atoms with Crippen LogP contribution in [0.4, 0.5) is 0 Å². The summed E-state index contributed by atoms with van der Waals surface area (Å²) in [5.41, 5.74) is 2.77. The van der Waals surface area contributed by atoms with Gasteiger partial charge >= 0.3 is 5.97 Å². The minimum absolute atomic E-state index is 0.249. The molecule has 0 radical (unpaired) electrons. The highest BCUT2D eigenvalue weighted by molar-refractivity contribution is 6.35. The maximum Gasteiger partial charge on any atom is 0.309 e. The van der Waals surface area contributed by atoms with Gasteiger partial charge in [-0.2, -0.15) is 0 Å². The summed E-state index contributed by atoms with van der Waals surface area (Å²) in [5.74, 6) is -0.263. The molecule has 2 aromatic rings. The van der Waals surface area contributed by atoms with Crippen molar-refractivity contribution in [1.29, 1.82) is 0 Å². The van der Waals surface area contributed by atoms with E-state index in [2.05, 4.69) is 4.74 Å². The lowest BCUT2D eigenvalue weighted by molar-refractivity contribution is -0.139. The number of esters is 1. The molecule has 0 aliphatic rings. The van der Waals surface area contributed by atoms with Gasteiger partial charge in [-0.25, -0.2) is 0 Å². The lowest BCUT2D eigenvalue weighted by Gasteiger charge is -2.06. The molecule has 2 nitrogen and oxygen atoms in total. The topological polar surface area (TPSA) is 26.3 Å². The summed E-state index contributed by atoms with van der Waals surface area (Å²) in [5, 5.41) is 1.17. The first kappa shape index (κ1) is 13.9. The second-order valence-electron chi connectivity index (χ2n) is 4.11. The lowest BCUT2D eigenvalue weighted by Crippen LogP contribution is -2.04. The third kappa shape index (κ3) is 3.72. The fourth-order valence-electron chi connectivity index (χ4n) is 1.82. The molecule has 0 bridgehead atoms. The van der Waals surface area contributed by atoms with Crippen molar-refractivity contribution in [1.82, 2.24) is 0 Å². The Balaban J connectivity index is 2.34. The van der Waals surface area contributed by atoms with Gasteiger partial charge in [0.05, 0.1) is 13.5 Å². The van der Waals surface area contributed by atoms with Crippen LogP contribution in [0.2, 0.25) is 10.0 Å². The number of benzene rings is 2. The van der Waals surface area contributed by atoms with Crippen molar-refractivity contribution in [3.63, 3.8) is 0 Å². The highest BCUT2D eigenvalue weighted by Gasteiger charge is 2.06. The van der Waals surface area contributed by atoms with Crippen LogP contribution >= 0.6 is 23.2 Å². The van der Waals surface area contributed by atoms with Gasteiger partial charge in [0.15, 0.2) is 0 Å². The highest BCUT2D eigenvalue weighted by Crippen LogP contribution is 2.27. The summed E-state index contributed by atoms with van der Waals surface area (Å²) in [7, 11) is 1.38. The molecule has 0 saturated carbocycles. The predicted molar refractivity (Wildman–Crippen MR) is 77.6 cm³/mol. The van der Waals surface area contributed by atoms with E-state index in [9.17, 15) is 4.79 Å². The van der Waals surface area contributed by atoms with Gasteiger partial charge in [-0.3, -0.25) is 4.79 Å².